The van der Waals surface area contributed by atoms with E-state index in [0.717, 1.165) is 5.56 Å². The van der Waals surface area contributed by atoms with Gasteiger partial charge in [-0.2, -0.15) is 5.10 Å². The van der Waals surface area contributed by atoms with Crippen molar-refractivity contribution in [3.8, 4) is 0 Å². The molecule has 0 bridgehead atoms. The SMILES string of the molecule is CCN(Cc1ccccc1C)C(=O)C(NC)c1cnn(C)c1.Cl. The number of carbonyl (C=O) groups excluding carboxylic acids is 1. The number of nitrogens with one attached hydrogen (secondary N) is 1. The van der Waals surface area contributed by atoms with Crippen molar-refractivity contribution in [2.24, 2.45) is 7.05 Å². The maximum absolute atomic E-state index is 12.9. The Morgan fingerprint density at radius 3 is 2.61 bits per heavy atom. The maximum atomic E-state index is 12.9. The minimum Gasteiger partial charge on any atom is -0.337 e. The number of benzene rings is 1. The van der Waals surface area contributed by atoms with Crippen LogP contribution >= 0.6 is 12.4 Å². The molecule has 1 N–H and O–H groups in total. The van der Waals surface area contributed by atoms with Crippen molar-refractivity contribution in [3.05, 3.63) is 53.3 Å². The van der Waals surface area contributed by atoms with Gasteiger partial charge in [-0.1, -0.05) is 24.3 Å². The molecule has 0 aliphatic rings. The Hall–Kier alpha value is -1.85. The zero-order valence-corrected chi connectivity index (χ0v) is 14.9. The van der Waals surface area contributed by atoms with Crippen LogP contribution in [0.2, 0.25) is 0 Å². The molecule has 0 spiro atoms. The van der Waals surface area contributed by atoms with E-state index in [4.69, 9.17) is 0 Å². The van der Waals surface area contributed by atoms with E-state index in [1.165, 1.54) is 11.1 Å². The van der Waals surface area contributed by atoms with Gasteiger partial charge in [0, 0.05) is 31.9 Å². The fraction of sp³-hybridized carbons (Fsp3) is 0.412. The minimum atomic E-state index is -0.363. The average Bonchev–Trinajstić information content (AvgIpc) is 2.93. The van der Waals surface area contributed by atoms with Gasteiger partial charge in [0.1, 0.15) is 6.04 Å². The van der Waals surface area contributed by atoms with Gasteiger partial charge >= 0.3 is 0 Å². The number of hydrogen-bond acceptors (Lipinski definition) is 3. The van der Waals surface area contributed by atoms with Crippen LogP contribution in [0.1, 0.15) is 29.7 Å². The fourth-order valence-corrected chi connectivity index (χ4v) is 2.54. The second kappa shape index (κ2) is 8.70. The lowest BCUT2D eigenvalue weighted by Crippen LogP contribution is -2.39. The Bertz CT molecular complexity index is 641. The number of halogens is 1. The second-order valence-corrected chi connectivity index (χ2v) is 5.45. The van der Waals surface area contributed by atoms with Gasteiger partial charge in [0.2, 0.25) is 5.91 Å². The molecule has 6 heteroatoms. The monoisotopic (exact) mass is 336 g/mol. The predicted molar refractivity (Wildman–Crippen MR) is 94.5 cm³/mol. The lowest BCUT2D eigenvalue weighted by Gasteiger charge is -2.26. The number of rotatable bonds is 6. The molecule has 1 amide bonds. The molecule has 2 rings (SSSR count). The highest BCUT2D eigenvalue weighted by Crippen LogP contribution is 2.17. The summed E-state index contributed by atoms with van der Waals surface area (Å²) in [4.78, 5) is 14.7. The molecule has 0 saturated heterocycles. The predicted octanol–water partition coefficient (Wildman–Crippen LogP) is 2.46. The number of aryl methyl sites for hydroxylation is 2. The van der Waals surface area contributed by atoms with Crippen molar-refractivity contribution in [3.63, 3.8) is 0 Å². The van der Waals surface area contributed by atoms with Gasteiger partial charge in [-0.05, 0) is 32.0 Å². The Morgan fingerprint density at radius 2 is 2.09 bits per heavy atom. The first-order valence-electron chi connectivity index (χ1n) is 7.56. The highest BCUT2D eigenvalue weighted by molar-refractivity contribution is 5.85. The van der Waals surface area contributed by atoms with Crippen molar-refractivity contribution in [1.82, 2.24) is 20.0 Å². The molecule has 1 heterocycles. The summed E-state index contributed by atoms with van der Waals surface area (Å²) in [7, 11) is 3.66. The van der Waals surface area contributed by atoms with E-state index in [9.17, 15) is 4.79 Å². The molecule has 0 aliphatic heterocycles. The summed E-state index contributed by atoms with van der Waals surface area (Å²) in [6, 6.07) is 7.81. The van der Waals surface area contributed by atoms with Gasteiger partial charge < -0.3 is 10.2 Å². The van der Waals surface area contributed by atoms with Crippen LogP contribution in [0.25, 0.3) is 0 Å². The number of aromatic nitrogens is 2. The summed E-state index contributed by atoms with van der Waals surface area (Å²) in [6.45, 7) is 5.38. The van der Waals surface area contributed by atoms with Crippen molar-refractivity contribution in [1.29, 1.82) is 0 Å². The van der Waals surface area contributed by atoms with E-state index >= 15 is 0 Å². The standard InChI is InChI=1S/C17H24N4O.ClH/c1-5-21(12-14-9-7-6-8-13(14)2)17(22)16(18-3)15-10-19-20(4)11-15;/h6-11,16,18H,5,12H2,1-4H3;1H. The topological polar surface area (TPSA) is 50.2 Å². The van der Waals surface area contributed by atoms with E-state index in [0.29, 0.717) is 13.1 Å². The van der Waals surface area contributed by atoms with Crippen LogP contribution in [0.5, 0.6) is 0 Å². The molecular weight excluding hydrogens is 312 g/mol. The molecule has 0 aliphatic carbocycles. The van der Waals surface area contributed by atoms with E-state index in [1.54, 1.807) is 17.9 Å². The first-order chi connectivity index (χ1) is 10.6. The van der Waals surface area contributed by atoms with Gasteiger partial charge in [0.05, 0.1) is 6.20 Å². The van der Waals surface area contributed by atoms with Crippen molar-refractivity contribution < 1.29 is 4.79 Å². The number of nitrogens with zero attached hydrogens (tertiary/aromatic N) is 3. The summed E-state index contributed by atoms with van der Waals surface area (Å²) < 4.78 is 1.71. The van der Waals surface area contributed by atoms with E-state index in [2.05, 4.69) is 29.5 Å². The van der Waals surface area contributed by atoms with Crippen LogP contribution in [0.15, 0.2) is 36.7 Å². The van der Waals surface area contributed by atoms with Gasteiger partial charge in [-0.15, -0.1) is 12.4 Å². The molecule has 0 fully saturated rings. The molecule has 5 nitrogen and oxygen atoms in total. The maximum Gasteiger partial charge on any atom is 0.244 e. The van der Waals surface area contributed by atoms with Crippen LogP contribution < -0.4 is 5.32 Å². The fourth-order valence-electron chi connectivity index (χ4n) is 2.54. The first kappa shape index (κ1) is 19.2. The third-order valence-corrected chi connectivity index (χ3v) is 3.91. The molecule has 2 aromatic rings. The highest BCUT2D eigenvalue weighted by atomic mass is 35.5. The Kier molecular flexibility index (Phi) is 7.26. The summed E-state index contributed by atoms with van der Waals surface area (Å²) in [5.74, 6) is 0.0706. The number of likely N-dealkylation sites (N-methyl/N-ethyl adjacent to an activating group) is 2. The average molecular weight is 337 g/mol. The Balaban J connectivity index is 0.00000264. The normalized spacial score (nSPS) is 11.7. The number of hydrogen-bond donors (Lipinski definition) is 1. The molecule has 0 saturated carbocycles. The van der Waals surface area contributed by atoms with Crippen LogP contribution in [-0.2, 0) is 18.4 Å². The quantitative estimate of drug-likeness (QED) is 0.881. The second-order valence-electron chi connectivity index (χ2n) is 5.45. The summed E-state index contributed by atoms with van der Waals surface area (Å²) in [5.41, 5.74) is 3.27. The molecule has 1 unspecified atom stereocenters. The van der Waals surface area contributed by atoms with Gasteiger partial charge in [0.25, 0.3) is 0 Å². The van der Waals surface area contributed by atoms with Gasteiger partial charge in [-0.3, -0.25) is 9.48 Å². The summed E-state index contributed by atoms with van der Waals surface area (Å²) in [5, 5.41) is 7.26. The van der Waals surface area contributed by atoms with E-state index < -0.39 is 0 Å². The first-order valence-corrected chi connectivity index (χ1v) is 7.56. The molecule has 0 radical (unpaired) electrons. The zero-order chi connectivity index (χ0) is 16.1. The van der Waals surface area contributed by atoms with Crippen LogP contribution in [0.4, 0.5) is 0 Å². The molecule has 23 heavy (non-hydrogen) atoms. The Labute approximate surface area is 144 Å². The minimum absolute atomic E-state index is 0. The molecular formula is C17H25ClN4O. The van der Waals surface area contributed by atoms with Crippen LogP contribution in [0, 0.1) is 6.92 Å². The molecule has 1 aromatic carbocycles. The summed E-state index contributed by atoms with van der Waals surface area (Å²) >= 11 is 0. The summed E-state index contributed by atoms with van der Waals surface area (Å²) in [6.07, 6.45) is 3.61. The Morgan fingerprint density at radius 1 is 1.39 bits per heavy atom. The van der Waals surface area contributed by atoms with Crippen LogP contribution in [0.3, 0.4) is 0 Å². The van der Waals surface area contributed by atoms with Gasteiger partial charge in [0.15, 0.2) is 0 Å². The van der Waals surface area contributed by atoms with E-state index in [1.807, 2.05) is 37.2 Å². The zero-order valence-electron chi connectivity index (χ0n) is 14.1. The van der Waals surface area contributed by atoms with Crippen LogP contribution in [-0.4, -0.2) is 34.2 Å². The molecule has 1 atom stereocenters. The third kappa shape index (κ3) is 4.56. The lowest BCUT2D eigenvalue weighted by molar-refractivity contribution is -0.133. The van der Waals surface area contributed by atoms with Crippen molar-refractivity contribution >= 4 is 18.3 Å². The smallest absolute Gasteiger partial charge is 0.244 e. The molecule has 126 valence electrons. The highest BCUT2D eigenvalue weighted by Gasteiger charge is 2.25. The number of carbonyl (C=O) groups is 1. The van der Waals surface area contributed by atoms with E-state index in [-0.39, 0.29) is 24.4 Å². The van der Waals surface area contributed by atoms with Crippen molar-refractivity contribution in [2.75, 3.05) is 13.6 Å². The largest absolute Gasteiger partial charge is 0.337 e. The number of amides is 1. The van der Waals surface area contributed by atoms with Gasteiger partial charge in [-0.25, -0.2) is 0 Å². The van der Waals surface area contributed by atoms with Crippen molar-refractivity contribution in [2.45, 2.75) is 26.4 Å². The lowest BCUT2D eigenvalue weighted by atomic mass is 10.1. The third-order valence-electron chi connectivity index (χ3n) is 3.91. The molecule has 1 aromatic heterocycles.